The molecule has 0 unspecified atom stereocenters. The van der Waals surface area contributed by atoms with Gasteiger partial charge in [0.1, 0.15) is 0 Å². The summed E-state index contributed by atoms with van der Waals surface area (Å²) in [7, 11) is 1.73. The first-order valence-corrected chi connectivity index (χ1v) is 6.83. The van der Waals surface area contributed by atoms with Gasteiger partial charge in [-0.25, -0.2) is 0 Å². The monoisotopic (exact) mass is 248 g/mol. The van der Waals surface area contributed by atoms with Crippen LogP contribution >= 0.6 is 0 Å². The second kappa shape index (κ2) is 6.88. The smallest absolute Gasteiger partial charge is 0.0713 e. The van der Waals surface area contributed by atoms with Crippen molar-refractivity contribution in [1.29, 1.82) is 0 Å². The van der Waals surface area contributed by atoms with E-state index in [0.29, 0.717) is 18.7 Å². The molecule has 1 aromatic carbocycles. The molecule has 0 radical (unpaired) electrons. The number of ether oxygens (including phenoxy) is 1. The third kappa shape index (κ3) is 4.09. The fraction of sp³-hybridized carbons (Fsp3) is 0.600. The van der Waals surface area contributed by atoms with Crippen molar-refractivity contribution in [1.82, 2.24) is 5.32 Å². The Bertz CT molecular complexity index is 359. The number of nitrogens with one attached hydrogen (secondary N) is 1. The summed E-state index contributed by atoms with van der Waals surface area (Å²) < 4.78 is 5.15. The average Bonchev–Trinajstić information content (AvgIpc) is 2.39. The highest BCUT2D eigenvalue weighted by Crippen LogP contribution is 2.17. The molecule has 0 saturated heterocycles. The van der Waals surface area contributed by atoms with Gasteiger partial charge in [-0.05, 0) is 36.8 Å². The van der Waals surface area contributed by atoms with Gasteiger partial charge in [0.25, 0.3) is 0 Å². The molecule has 0 bridgehead atoms. The van der Waals surface area contributed by atoms with Crippen molar-refractivity contribution in [3.63, 3.8) is 0 Å². The molecule has 18 heavy (non-hydrogen) atoms. The van der Waals surface area contributed by atoms with Gasteiger partial charge in [0, 0.05) is 25.7 Å². The molecule has 0 aromatic heterocycles. The highest BCUT2D eigenvalue weighted by Gasteiger charge is 2.17. The fourth-order valence-electron chi connectivity index (χ4n) is 2.58. The Morgan fingerprint density at radius 3 is 2.67 bits per heavy atom. The molecular weight excluding hydrogens is 224 g/mol. The Balaban J connectivity index is 1.80. The maximum atomic E-state index is 5.92. The maximum absolute atomic E-state index is 5.92. The standard InChI is InChI=1S/C15H24N2O/c1-18-11-13-4-2-3-12(9-13)10-17-15-7-5-14(16)6-8-15/h2-4,9,14-15,17H,5-8,10-11,16H2,1H3. The van der Waals surface area contributed by atoms with E-state index in [9.17, 15) is 0 Å². The van der Waals surface area contributed by atoms with E-state index in [1.54, 1.807) is 7.11 Å². The summed E-state index contributed by atoms with van der Waals surface area (Å²) in [4.78, 5) is 0. The minimum atomic E-state index is 0.424. The number of benzene rings is 1. The predicted molar refractivity (Wildman–Crippen MR) is 74.2 cm³/mol. The zero-order valence-electron chi connectivity index (χ0n) is 11.2. The van der Waals surface area contributed by atoms with Gasteiger partial charge in [0.05, 0.1) is 6.61 Å². The largest absolute Gasteiger partial charge is 0.380 e. The van der Waals surface area contributed by atoms with Crippen LogP contribution in [-0.2, 0) is 17.9 Å². The van der Waals surface area contributed by atoms with E-state index in [-0.39, 0.29) is 0 Å². The molecule has 3 heteroatoms. The van der Waals surface area contributed by atoms with Crippen LogP contribution < -0.4 is 11.1 Å². The molecule has 0 atom stereocenters. The average molecular weight is 248 g/mol. The second-order valence-electron chi connectivity index (χ2n) is 5.25. The summed E-state index contributed by atoms with van der Waals surface area (Å²) in [6.45, 7) is 1.63. The Labute approximate surface area is 110 Å². The summed E-state index contributed by atoms with van der Waals surface area (Å²) in [5, 5.41) is 3.63. The van der Waals surface area contributed by atoms with Gasteiger partial charge < -0.3 is 15.8 Å². The van der Waals surface area contributed by atoms with E-state index in [2.05, 4.69) is 29.6 Å². The lowest BCUT2D eigenvalue weighted by atomic mass is 9.92. The number of nitrogens with two attached hydrogens (primary N) is 1. The van der Waals surface area contributed by atoms with Gasteiger partial charge in [-0.2, -0.15) is 0 Å². The molecule has 3 N–H and O–H groups in total. The van der Waals surface area contributed by atoms with Crippen LogP contribution in [0, 0.1) is 0 Å². The van der Waals surface area contributed by atoms with Gasteiger partial charge in [-0.1, -0.05) is 24.3 Å². The lowest BCUT2D eigenvalue weighted by Gasteiger charge is -2.27. The van der Waals surface area contributed by atoms with Crippen molar-refractivity contribution >= 4 is 0 Å². The van der Waals surface area contributed by atoms with Crippen LogP contribution in [-0.4, -0.2) is 19.2 Å². The second-order valence-corrected chi connectivity index (χ2v) is 5.25. The Morgan fingerprint density at radius 1 is 1.22 bits per heavy atom. The molecule has 0 spiro atoms. The van der Waals surface area contributed by atoms with Gasteiger partial charge in [-0.3, -0.25) is 0 Å². The van der Waals surface area contributed by atoms with Crippen molar-refractivity contribution < 1.29 is 4.74 Å². The van der Waals surface area contributed by atoms with Crippen LogP contribution in [0.4, 0.5) is 0 Å². The van der Waals surface area contributed by atoms with Gasteiger partial charge in [0.15, 0.2) is 0 Å². The van der Waals surface area contributed by atoms with Crippen LogP contribution in [0.15, 0.2) is 24.3 Å². The zero-order chi connectivity index (χ0) is 12.8. The fourth-order valence-corrected chi connectivity index (χ4v) is 2.58. The van der Waals surface area contributed by atoms with Crippen LogP contribution in [0.25, 0.3) is 0 Å². The molecular formula is C15H24N2O. The quantitative estimate of drug-likeness (QED) is 0.839. The lowest BCUT2D eigenvalue weighted by Crippen LogP contribution is -2.37. The van der Waals surface area contributed by atoms with Crippen molar-refractivity contribution in [2.45, 2.75) is 50.9 Å². The molecule has 0 amide bonds. The minimum absolute atomic E-state index is 0.424. The van der Waals surface area contributed by atoms with E-state index in [4.69, 9.17) is 10.5 Å². The Morgan fingerprint density at radius 2 is 1.94 bits per heavy atom. The van der Waals surface area contributed by atoms with Crippen LogP contribution in [0.2, 0.25) is 0 Å². The van der Waals surface area contributed by atoms with E-state index in [1.165, 1.54) is 24.0 Å². The highest BCUT2D eigenvalue weighted by molar-refractivity contribution is 5.22. The molecule has 100 valence electrons. The number of methoxy groups -OCH3 is 1. The predicted octanol–water partition coefficient (Wildman–Crippen LogP) is 2.19. The maximum Gasteiger partial charge on any atom is 0.0713 e. The first-order valence-electron chi connectivity index (χ1n) is 6.83. The first kappa shape index (κ1) is 13.5. The SMILES string of the molecule is COCc1cccc(CNC2CCC(N)CC2)c1. The number of rotatable bonds is 5. The molecule has 2 rings (SSSR count). The van der Waals surface area contributed by atoms with Crippen LogP contribution in [0.1, 0.15) is 36.8 Å². The summed E-state index contributed by atoms with van der Waals surface area (Å²) in [5.41, 5.74) is 8.49. The lowest BCUT2D eigenvalue weighted by molar-refractivity contribution is 0.185. The van der Waals surface area contributed by atoms with Crippen molar-refractivity contribution in [2.24, 2.45) is 5.73 Å². The third-order valence-electron chi connectivity index (χ3n) is 3.67. The van der Waals surface area contributed by atoms with Gasteiger partial charge >= 0.3 is 0 Å². The van der Waals surface area contributed by atoms with Gasteiger partial charge in [-0.15, -0.1) is 0 Å². The van der Waals surface area contributed by atoms with Gasteiger partial charge in [0.2, 0.25) is 0 Å². The van der Waals surface area contributed by atoms with E-state index in [0.717, 1.165) is 19.4 Å². The number of hydrogen-bond donors (Lipinski definition) is 2. The summed E-state index contributed by atoms with van der Waals surface area (Å²) in [5.74, 6) is 0. The van der Waals surface area contributed by atoms with E-state index < -0.39 is 0 Å². The Hall–Kier alpha value is -0.900. The van der Waals surface area contributed by atoms with Crippen molar-refractivity contribution in [2.75, 3.05) is 7.11 Å². The molecule has 3 nitrogen and oxygen atoms in total. The molecule has 0 heterocycles. The molecule has 0 aliphatic heterocycles. The zero-order valence-corrected chi connectivity index (χ0v) is 11.2. The highest BCUT2D eigenvalue weighted by atomic mass is 16.5. The summed E-state index contributed by atoms with van der Waals surface area (Å²) in [6.07, 6.45) is 4.72. The van der Waals surface area contributed by atoms with Crippen LogP contribution in [0.5, 0.6) is 0 Å². The molecule has 1 fully saturated rings. The number of hydrogen-bond acceptors (Lipinski definition) is 3. The normalized spacial score (nSPS) is 24.1. The van der Waals surface area contributed by atoms with E-state index in [1.807, 2.05) is 0 Å². The van der Waals surface area contributed by atoms with E-state index >= 15 is 0 Å². The molecule has 1 aliphatic rings. The van der Waals surface area contributed by atoms with Crippen LogP contribution in [0.3, 0.4) is 0 Å². The van der Waals surface area contributed by atoms with Crippen molar-refractivity contribution in [3.05, 3.63) is 35.4 Å². The topological polar surface area (TPSA) is 47.3 Å². The third-order valence-corrected chi connectivity index (χ3v) is 3.67. The van der Waals surface area contributed by atoms with Crippen molar-refractivity contribution in [3.8, 4) is 0 Å². The minimum Gasteiger partial charge on any atom is -0.380 e. The molecule has 1 aromatic rings. The first-order chi connectivity index (χ1) is 8.78. The summed E-state index contributed by atoms with van der Waals surface area (Å²) >= 11 is 0. The molecule has 1 aliphatic carbocycles. The molecule has 1 saturated carbocycles. The Kier molecular flexibility index (Phi) is 5.17. The summed E-state index contributed by atoms with van der Waals surface area (Å²) in [6, 6.07) is 9.64.